The van der Waals surface area contributed by atoms with Crippen molar-refractivity contribution in [2.45, 2.75) is 5.51 Å². The van der Waals surface area contributed by atoms with Crippen molar-refractivity contribution in [2.75, 3.05) is 0 Å². The first-order valence-corrected chi connectivity index (χ1v) is 9.05. The molecule has 4 aromatic rings. The summed E-state index contributed by atoms with van der Waals surface area (Å²) >= 11 is 0. The van der Waals surface area contributed by atoms with Crippen LogP contribution in [0.5, 0.6) is 5.75 Å². The third kappa shape index (κ3) is 2.99. The van der Waals surface area contributed by atoms with E-state index in [1.54, 1.807) is 18.2 Å². The first-order valence-electron chi connectivity index (χ1n) is 7.65. The van der Waals surface area contributed by atoms with Gasteiger partial charge in [0.25, 0.3) is 0 Å². The van der Waals surface area contributed by atoms with E-state index in [1.807, 2.05) is 30.3 Å². The number of rotatable bonds is 3. The van der Waals surface area contributed by atoms with Crippen LogP contribution in [0.4, 0.5) is 13.2 Å². The molecule has 2 aromatic carbocycles. The molecule has 5 nitrogen and oxygen atoms in total. The first kappa shape index (κ1) is 17.3. The summed E-state index contributed by atoms with van der Waals surface area (Å²) in [6.45, 7) is 0. The highest BCUT2D eigenvalue weighted by molar-refractivity contribution is 7.88. The SMILES string of the molecule is O=S(=O)(Oc1cccc2c1oc1ccc(-c3ccccc3)nc12)C(F)(F)F. The molecule has 138 valence electrons. The zero-order valence-corrected chi connectivity index (χ0v) is 14.2. The fourth-order valence-corrected chi connectivity index (χ4v) is 3.10. The molecule has 0 bridgehead atoms. The van der Waals surface area contributed by atoms with Gasteiger partial charge in [-0.05, 0) is 24.3 Å². The number of aromatic nitrogens is 1. The Labute approximate surface area is 151 Å². The van der Waals surface area contributed by atoms with Crippen LogP contribution in [-0.2, 0) is 10.1 Å². The van der Waals surface area contributed by atoms with Gasteiger partial charge in [0.1, 0.15) is 5.52 Å². The highest BCUT2D eigenvalue weighted by Gasteiger charge is 2.49. The molecule has 0 aliphatic carbocycles. The van der Waals surface area contributed by atoms with Gasteiger partial charge in [0.05, 0.1) is 11.1 Å². The molecule has 0 atom stereocenters. The van der Waals surface area contributed by atoms with Crippen LogP contribution in [0.1, 0.15) is 0 Å². The van der Waals surface area contributed by atoms with Crippen molar-refractivity contribution in [2.24, 2.45) is 0 Å². The molecule has 0 aliphatic rings. The second-order valence-corrected chi connectivity index (χ2v) is 7.17. The lowest BCUT2D eigenvalue weighted by Crippen LogP contribution is -2.28. The third-order valence-corrected chi connectivity index (χ3v) is 4.82. The summed E-state index contributed by atoms with van der Waals surface area (Å²) in [4.78, 5) is 4.50. The Morgan fingerprint density at radius 2 is 1.67 bits per heavy atom. The zero-order chi connectivity index (χ0) is 19.2. The van der Waals surface area contributed by atoms with Crippen molar-refractivity contribution in [3.05, 3.63) is 60.7 Å². The average Bonchev–Trinajstić information content (AvgIpc) is 3.00. The normalized spacial score (nSPS) is 12.6. The number of hydrogen-bond acceptors (Lipinski definition) is 5. The van der Waals surface area contributed by atoms with E-state index in [1.165, 1.54) is 6.07 Å². The van der Waals surface area contributed by atoms with Crippen LogP contribution in [0.2, 0.25) is 0 Å². The van der Waals surface area contributed by atoms with Gasteiger partial charge >= 0.3 is 15.6 Å². The van der Waals surface area contributed by atoms with Gasteiger partial charge in [0.2, 0.25) is 0 Å². The highest BCUT2D eigenvalue weighted by Crippen LogP contribution is 2.37. The van der Waals surface area contributed by atoms with E-state index >= 15 is 0 Å². The molecule has 0 unspecified atom stereocenters. The molecule has 0 spiro atoms. The van der Waals surface area contributed by atoms with Crippen molar-refractivity contribution in [3.63, 3.8) is 0 Å². The van der Waals surface area contributed by atoms with Gasteiger partial charge in [-0.25, -0.2) is 4.98 Å². The molecule has 0 N–H and O–H groups in total. The highest BCUT2D eigenvalue weighted by atomic mass is 32.2. The Balaban J connectivity index is 1.88. The number of pyridine rings is 1. The summed E-state index contributed by atoms with van der Waals surface area (Å²) in [7, 11) is -5.81. The largest absolute Gasteiger partial charge is 0.534 e. The third-order valence-electron chi connectivity index (χ3n) is 3.86. The zero-order valence-electron chi connectivity index (χ0n) is 13.4. The molecule has 0 radical (unpaired) electrons. The van der Waals surface area contributed by atoms with Crippen LogP contribution in [0.25, 0.3) is 33.3 Å². The molecule has 2 heterocycles. The molecular formula is C18H10F3NO4S. The molecule has 4 rings (SSSR count). The summed E-state index contributed by atoms with van der Waals surface area (Å²) in [5.41, 5.74) is -3.50. The van der Waals surface area contributed by atoms with Crippen LogP contribution in [0.15, 0.2) is 65.1 Å². The van der Waals surface area contributed by atoms with Crippen LogP contribution < -0.4 is 4.18 Å². The van der Waals surface area contributed by atoms with Gasteiger partial charge in [-0.15, -0.1) is 0 Å². The van der Waals surface area contributed by atoms with Crippen LogP contribution in [0, 0.1) is 0 Å². The van der Waals surface area contributed by atoms with E-state index in [4.69, 9.17) is 4.42 Å². The van der Waals surface area contributed by atoms with Gasteiger partial charge in [-0.2, -0.15) is 21.6 Å². The van der Waals surface area contributed by atoms with Crippen molar-refractivity contribution in [3.8, 4) is 17.0 Å². The van der Waals surface area contributed by atoms with Crippen molar-refractivity contribution >= 4 is 32.2 Å². The minimum absolute atomic E-state index is 0.127. The second kappa shape index (κ2) is 5.98. The lowest BCUT2D eigenvalue weighted by atomic mass is 10.1. The quantitative estimate of drug-likeness (QED) is 0.367. The number of nitrogens with zero attached hydrogens (tertiary/aromatic N) is 1. The molecule has 27 heavy (non-hydrogen) atoms. The standard InChI is InChI=1S/C18H10F3NO4S/c19-18(20,21)27(23,24)26-15-8-4-7-12-16-14(25-17(12)15)10-9-13(22-16)11-5-2-1-3-6-11/h1-10H. The Morgan fingerprint density at radius 3 is 2.37 bits per heavy atom. The fraction of sp³-hybridized carbons (Fsp3) is 0.0556. The number of benzene rings is 2. The molecule has 2 aromatic heterocycles. The van der Waals surface area contributed by atoms with Gasteiger partial charge in [-0.1, -0.05) is 36.4 Å². The number of alkyl halides is 3. The smallest absolute Gasteiger partial charge is 0.450 e. The molecular weight excluding hydrogens is 383 g/mol. The lowest BCUT2D eigenvalue weighted by molar-refractivity contribution is -0.0499. The summed E-state index contributed by atoms with van der Waals surface area (Å²) in [5, 5.41) is 0.345. The predicted octanol–water partition coefficient (Wildman–Crippen LogP) is 4.88. The van der Waals surface area contributed by atoms with Crippen molar-refractivity contribution in [1.82, 2.24) is 4.98 Å². The number of hydrogen-bond donors (Lipinski definition) is 0. The predicted molar refractivity (Wildman–Crippen MR) is 92.6 cm³/mol. The van der Waals surface area contributed by atoms with E-state index in [9.17, 15) is 21.6 Å². The van der Waals surface area contributed by atoms with E-state index in [0.29, 0.717) is 22.2 Å². The number of para-hydroxylation sites is 1. The second-order valence-electron chi connectivity index (χ2n) is 5.63. The average molecular weight is 393 g/mol. The maximum absolute atomic E-state index is 12.6. The first-order chi connectivity index (χ1) is 12.8. The van der Waals surface area contributed by atoms with E-state index in [2.05, 4.69) is 9.17 Å². The molecule has 0 amide bonds. The number of fused-ring (bicyclic) bond motifs is 3. The lowest BCUT2D eigenvalue weighted by Gasteiger charge is -2.09. The molecule has 0 saturated carbocycles. The topological polar surface area (TPSA) is 69.4 Å². The van der Waals surface area contributed by atoms with Crippen molar-refractivity contribution < 1.29 is 30.2 Å². The summed E-state index contributed by atoms with van der Waals surface area (Å²) in [6.07, 6.45) is 0. The Kier molecular flexibility index (Phi) is 3.84. The Hall–Kier alpha value is -3.07. The summed E-state index contributed by atoms with van der Waals surface area (Å²) in [5.74, 6) is -0.552. The Bertz CT molecular complexity index is 1250. The molecule has 0 saturated heterocycles. The van der Waals surface area contributed by atoms with Gasteiger partial charge < -0.3 is 8.60 Å². The maximum Gasteiger partial charge on any atom is 0.534 e. The molecule has 0 fully saturated rings. The molecule has 9 heteroatoms. The number of furan rings is 1. The minimum atomic E-state index is -5.81. The van der Waals surface area contributed by atoms with Crippen LogP contribution in [0.3, 0.4) is 0 Å². The fourth-order valence-electron chi connectivity index (χ4n) is 2.64. The van der Waals surface area contributed by atoms with Gasteiger partial charge in [-0.3, -0.25) is 0 Å². The summed E-state index contributed by atoms with van der Waals surface area (Å²) < 4.78 is 70.2. The minimum Gasteiger partial charge on any atom is -0.450 e. The van der Waals surface area contributed by atoms with Crippen LogP contribution >= 0.6 is 0 Å². The van der Waals surface area contributed by atoms with Gasteiger partial charge in [0.15, 0.2) is 16.9 Å². The molecule has 0 aliphatic heterocycles. The van der Waals surface area contributed by atoms with E-state index in [0.717, 1.165) is 11.6 Å². The van der Waals surface area contributed by atoms with E-state index in [-0.39, 0.29) is 5.58 Å². The van der Waals surface area contributed by atoms with Crippen LogP contribution in [-0.4, -0.2) is 18.9 Å². The van der Waals surface area contributed by atoms with Gasteiger partial charge in [0, 0.05) is 5.56 Å². The summed E-state index contributed by atoms with van der Waals surface area (Å²) in [6, 6.07) is 16.6. The van der Waals surface area contributed by atoms with Crippen molar-refractivity contribution in [1.29, 1.82) is 0 Å². The monoisotopic (exact) mass is 393 g/mol. The maximum atomic E-state index is 12.6. The number of halogens is 3. The van der Waals surface area contributed by atoms with E-state index < -0.39 is 21.4 Å². The Morgan fingerprint density at radius 1 is 0.926 bits per heavy atom.